The van der Waals surface area contributed by atoms with Crippen LogP contribution in [-0.4, -0.2) is 36.6 Å². The fourth-order valence-corrected chi connectivity index (χ4v) is 7.82. The van der Waals surface area contributed by atoms with Crippen LogP contribution in [-0.2, 0) is 16.4 Å². The summed E-state index contributed by atoms with van der Waals surface area (Å²) in [6, 6.07) is 7.94. The average molecular weight is 403 g/mol. The van der Waals surface area contributed by atoms with E-state index >= 15 is 0 Å². The van der Waals surface area contributed by atoms with Crippen molar-refractivity contribution in [1.29, 1.82) is 0 Å². The van der Waals surface area contributed by atoms with Gasteiger partial charge in [0.25, 0.3) is 0 Å². The Morgan fingerprint density at radius 2 is 2.12 bits per heavy atom. The van der Waals surface area contributed by atoms with E-state index in [1.807, 2.05) is 24.6 Å². The summed E-state index contributed by atoms with van der Waals surface area (Å²) in [5, 5.41) is 3.84. The summed E-state index contributed by atoms with van der Waals surface area (Å²) >= 11 is 3.31. The molecule has 7 heteroatoms. The first-order valence-corrected chi connectivity index (χ1v) is 11.9. The molecule has 3 aromatic rings. The summed E-state index contributed by atoms with van der Waals surface area (Å²) in [4.78, 5) is 8.35. The largest absolute Gasteiger partial charge is 0.296 e. The van der Waals surface area contributed by atoms with Crippen molar-refractivity contribution in [3.63, 3.8) is 0 Å². The summed E-state index contributed by atoms with van der Waals surface area (Å²) in [6.07, 6.45) is 0. The molecule has 0 amide bonds. The minimum Gasteiger partial charge on any atom is -0.296 e. The van der Waals surface area contributed by atoms with Gasteiger partial charge in [-0.3, -0.25) is 4.90 Å². The lowest BCUT2D eigenvalue weighted by Crippen LogP contribution is -2.25. The molecule has 26 heavy (non-hydrogen) atoms. The monoisotopic (exact) mass is 402 g/mol. The SMILES string of the molecule is Cc1ncsc1CN1C[C@@H]2c3cc(-c4ccsc4)ccc3S(=O)(=O)[C@H]2C1. The molecule has 0 N–H and O–H groups in total. The van der Waals surface area contributed by atoms with E-state index < -0.39 is 9.84 Å². The zero-order chi connectivity index (χ0) is 17.9. The minimum absolute atomic E-state index is 0.0711. The maximum Gasteiger partial charge on any atom is 0.183 e. The normalized spacial score (nSPS) is 23.9. The lowest BCUT2D eigenvalue weighted by atomic mass is 9.95. The first-order chi connectivity index (χ1) is 12.5. The highest BCUT2D eigenvalue weighted by atomic mass is 32.2. The fourth-order valence-electron chi connectivity index (χ4n) is 4.14. The molecule has 1 fully saturated rings. The number of benzene rings is 1. The molecule has 2 aliphatic heterocycles. The van der Waals surface area contributed by atoms with Crippen molar-refractivity contribution < 1.29 is 8.42 Å². The van der Waals surface area contributed by atoms with Gasteiger partial charge < -0.3 is 0 Å². The van der Waals surface area contributed by atoms with E-state index in [1.165, 1.54) is 4.88 Å². The Kier molecular flexibility index (Phi) is 3.83. The second-order valence-corrected chi connectivity index (χ2v) is 10.9. The van der Waals surface area contributed by atoms with Gasteiger partial charge >= 0.3 is 0 Å². The second-order valence-electron chi connectivity index (χ2n) is 7.01. The van der Waals surface area contributed by atoms with Crippen molar-refractivity contribution in [3.05, 3.63) is 56.7 Å². The molecule has 5 rings (SSSR count). The van der Waals surface area contributed by atoms with Crippen LogP contribution in [0.1, 0.15) is 22.1 Å². The number of sulfone groups is 1. The van der Waals surface area contributed by atoms with Crippen molar-refractivity contribution in [2.24, 2.45) is 0 Å². The topological polar surface area (TPSA) is 50.3 Å². The van der Waals surface area contributed by atoms with Crippen LogP contribution in [0.15, 0.2) is 45.4 Å². The molecule has 2 aromatic heterocycles. The molecule has 0 unspecified atom stereocenters. The smallest absolute Gasteiger partial charge is 0.183 e. The maximum absolute atomic E-state index is 13.0. The van der Waals surface area contributed by atoms with Crippen molar-refractivity contribution in [2.45, 2.75) is 29.5 Å². The van der Waals surface area contributed by atoms with Crippen LogP contribution in [0.2, 0.25) is 0 Å². The third-order valence-corrected chi connectivity index (χ3v) is 9.39. The Balaban J connectivity index is 1.50. The van der Waals surface area contributed by atoms with Crippen molar-refractivity contribution >= 4 is 32.5 Å². The number of aryl methyl sites for hydroxylation is 1. The first kappa shape index (κ1) is 16.6. The lowest BCUT2D eigenvalue weighted by molar-refractivity contribution is 0.327. The number of fused-ring (bicyclic) bond motifs is 3. The van der Waals surface area contributed by atoms with Crippen molar-refractivity contribution in [2.75, 3.05) is 13.1 Å². The number of hydrogen-bond donors (Lipinski definition) is 0. The Morgan fingerprint density at radius 3 is 2.85 bits per heavy atom. The molecule has 0 radical (unpaired) electrons. The second kappa shape index (κ2) is 5.99. The molecular formula is C19H18N2O2S3. The van der Waals surface area contributed by atoms with Crippen molar-refractivity contribution in [3.8, 4) is 11.1 Å². The van der Waals surface area contributed by atoms with Crippen LogP contribution in [0, 0.1) is 6.92 Å². The fraction of sp³-hybridized carbons (Fsp3) is 0.316. The zero-order valence-corrected chi connectivity index (χ0v) is 16.7. The standard InChI is InChI=1S/C19H18N2O2S3/c1-12-17(25-11-20-12)8-21-7-16-15-6-13(14-4-5-24-10-14)2-3-18(15)26(22,23)19(16)9-21/h2-6,10-11,16,19H,7-9H2,1H3/t16-,19+/m1/s1. The molecule has 4 heterocycles. The van der Waals surface area contributed by atoms with Gasteiger partial charge in [-0.15, -0.1) is 11.3 Å². The van der Waals surface area contributed by atoms with Gasteiger partial charge in [0.1, 0.15) is 0 Å². The van der Waals surface area contributed by atoms with Crippen LogP contribution in [0.4, 0.5) is 0 Å². The number of likely N-dealkylation sites (tertiary alicyclic amines) is 1. The molecule has 0 bridgehead atoms. The molecule has 4 nitrogen and oxygen atoms in total. The molecule has 0 aliphatic carbocycles. The highest BCUT2D eigenvalue weighted by Crippen LogP contribution is 2.46. The Hall–Kier alpha value is -1.54. The van der Waals surface area contributed by atoms with E-state index in [0.717, 1.165) is 35.5 Å². The van der Waals surface area contributed by atoms with E-state index in [2.05, 4.69) is 32.8 Å². The number of thiazole rings is 1. The van der Waals surface area contributed by atoms with E-state index in [1.54, 1.807) is 22.7 Å². The van der Waals surface area contributed by atoms with Gasteiger partial charge in [0, 0.05) is 30.4 Å². The summed E-state index contributed by atoms with van der Waals surface area (Å²) in [6.45, 7) is 4.20. The summed E-state index contributed by atoms with van der Waals surface area (Å²) in [7, 11) is -3.24. The third kappa shape index (κ3) is 2.49. The number of rotatable bonds is 3. The minimum atomic E-state index is -3.24. The number of nitrogens with zero attached hydrogens (tertiary/aromatic N) is 2. The average Bonchev–Trinajstić information content (AvgIpc) is 3.38. The Bertz CT molecular complexity index is 1070. The summed E-state index contributed by atoms with van der Waals surface area (Å²) < 4.78 is 26.1. The van der Waals surface area contributed by atoms with Crippen LogP contribution in [0.25, 0.3) is 11.1 Å². The molecule has 2 aliphatic rings. The third-order valence-electron chi connectivity index (χ3n) is 5.52. The van der Waals surface area contributed by atoms with Gasteiger partial charge in [0.2, 0.25) is 0 Å². The van der Waals surface area contributed by atoms with Gasteiger partial charge in [0.05, 0.1) is 21.3 Å². The number of thiophene rings is 1. The van der Waals surface area contributed by atoms with Gasteiger partial charge in [0.15, 0.2) is 9.84 Å². The van der Waals surface area contributed by atoms with E-state index in [9.17, 15) is 8.42 Å². The molecule has 2 atom stereocenters. The highest BCUT2D eigenvalue weighted by Gasteiger charge is 2.50. The predicted octanol–water partition coefficient (Wildman–Crippen LogP) is 3.94. The Labute approximate surface area is 161 Å². The van der Waals surface area contributed by atoms with E-state index in [-0.39, 0.29) is 11.2 Å². The van der Waals surface area contributed by atoms with Crippen molar-refractivity contribution in [1.82, 2.24) is 9.88 Å². The molecule has 134 valence electrons. The maximum atomic E-state index is 13.0. The molecule has 0 saturated carbocycles. The Morgan fingerprint density at radius 1 is 1.23 bits per heavy atom. The lowest BCUT2D eigenvalue weighted by Gasteiger charge is -2.16. The van der Waals surface area contributed by atoms with Gasteiger partial charge in [-0.2, -0.15) is 11.3 Å². The molecular weight excluding hydrogens is 384 g/mol. The van der Waals surface area contributed by atoms with E-state index in [4.69, 9.17) is 0 Å². The summed E-state index contributed by atoms with van der Waals surface area (Å²) in [5.74, 6) is 0.0711. The van der Waals surface area contributed by atoms with E-state index in [0.29, 0.717) is 11.4 Å². The van der Waals surface area contributed by atoms with Gasteiger partial charge in [-0.1, -0.05) is 6.07 Å². The quantitative estimate of drug-likeness (QED) is 0.666. The molecule has 1 aromatic carbocycles. The van der Waals surface area contributed by atoms with Gasteiger partial charge in [-0.25, -0.2) is 13.4 Å². The number of hydrogen-bond acceptors (Lipinski definition) is 6. The van der Waals surface area contributed by atoms with Crippen LogP contribution in [0.5, 0.6) is 0 Å². The first-order valence-electron chi connectivity index (χ1n) is 8.56. The number of aromatic nitrogens is 1. The summed E-state index contributed by atoms with van der Waals surface area (Å²) in [5.41, 5.74) is 6.18. The highest BCUT2D eigenvalue weighted by molar-refractivity contribution is 7.92. The molecule has 0 spiro atoms. The molecule has 1 saturated heterocycles. The van der Waals surface area contributed by atoms with Crippen LogP contribution < -0.4 is 0 Å². The van der Waals surface area contributed by atoms with Gasteiger partial charge in [-0.05, 0) is 52.6 Å². The van der Waals surface area contributed by atoms with Crippen LogP contribution in [0.3, 0.4) is 0 Å². The predicted molar refractivity (Wildman–Crippen MR) is 106 cm³/mol. The zero-order valence-electron chi connectivity index (χ0n) is 14.3. The van der Waals surface area contributed by atoms with Crippen LogP contribution >= 0.6 is 22.7 Å².